The normalized spacial score (nSPS) is 23.6. The Morgan fingerprint density at radius 2 is 1.80 bits per heavy atom. The molecule has 2 aliphatic heterocycles. The molecule has 2 N–H and O–H groups in total. The van der Waals surface area contributed by atoms with E-state index in [1.165, 1.54) is 13.0 Å². The zero-order valence-electron chi connectivity index (χ0n) is 14.3. The van der Waals surface area contributed by atoms with Crippen molar-refractivity contribution in [1.29, 1.82) is 0 Å². The molecule has 0 aromatic carbocycles. The van der Waals surface area contributed by atoms with Gasteiger partial charge >= 0.3 is 0 Å². The smallest absolute Gasteiger partial charge is 0.0164 e. The van der Waals surface area contributed by atoms with Crippen LogP contribution in [-0.2, 0) is 0 Å². The summed E-state index contributed by atoms with van der Waals surface area (Å²) in [4.78, 5) is 0. The second-order valence-corrected chi connectivity index (χ2v) is 6.81. The van der Waals surface area contributed by atoms with Gasteiger partial charge in [-0.15, -0.1) is 0 Å². The highest BCUT2D eigenvalue weighted by atomic mass is 14.9. The Labute approximate surface area is 126 Å². The number of hydrogen-bond acceptors (Lipinski definition) is 2. The minimum Gasteiger partial charge on any atom is -0.313 e. The van der Waals surface area contributed by atoms with E-state index in [2.05, 4.69) is 58.3 Å². The predicted octanol–water partition coefficient (Wildman–Crippen LogP) is 3.76. The van der Waals surface area contributed by atoms with E-state index in [0.717, 1.165) is 37.4 Å². The van der Waals surface area contributed by atoms with Gasteiger partial charge in [0.05, 0.1) is 0 Å². The van der Waals surface area contributed by atoms with Gasteiger partial charge in [0, 0.05) is 19.6 Å². The molecule has 2 heterocycles. The van der Waals surface area contributed by atoms with Gasteiger partial charge in [-0.25, -0.2) is 0 Å². The average molecular weight is 278 g/mol. The molecule has 2 nitrogen and oxygen atoms in total. The Bertz CT molecular complexity index is 350. The topological polar surface area (TPSA) is 24.1 Å². The van der Waals surface area contributed by atoms with Gasteiger partial charge in [0.15, 0.2) is 0 Å². The maximum Gasteiger partial charge on any atom is 0.0164 e. The Kier molecular flexibility index (Phi) is 7.53. The molecule has 0 amide bonds. The van der Waals surface area contributed by atoms with Crippen molar-refractivity contribution in [2.24, 2.45) is 17.8 Å². The predicted molar refractivity (Wildman–Crippen MR) is 90.0 cm³/mol. The fourth-order valence-corrected chi connectivity index (χ4v) is 3.22. The lowest BCUT2D eigenvalue weighted by Crippen LogP contribution is -2.29. The first kappa shape index (κ1) is 17.5. The molecule has 0 aromatic rings. The largest absolute Gasteiger partial charge is 0.313 e. The maximum atomic E-state index is 3.36. The molecule has 1 atom stereocenters. The van der Waals surface area contributed by atoms with Crippen LogP contribution in [0.25, 0.3) is 0 Å². The van der Waals surface area contributed by atoms with E-state index in [9.17, 15) is 0 Å². The fraction of sp³-hybridized carbons (Fsp3) is 0.778. The van der Waals surface area contributed by atoms with Gasteiger partial charge in [-0.2, -0.15) is 0 Å². The van der Waals surface area contributed by atoms with Crippen LogP contribution >= 0.6 is 0 Å². The number of rotatable bonds is 2. The summed E-state index contributed by atoms with van der Waals surface area (Å²) in [6, 6.07) is 0. The third-order valence-electron chi connectivity index (χ3n) is 4.37. The molecule has 2 rings (SSSR count). The van der Waals surface area contributed by atoms with Crippen LogP contribution in [0.15, 0.2) is 22.8 Å². The van der Waals surface area contributed by atoms with Gasteiger partial charge in [-0.1, -0.05) is 57.4 Å². The molecule has 1 unspecified atom stereocenters. The molecule has 0 radical (unpaired) electrons. The van der Waals surface area contributed by atoms with Gasteiger partial charge in [-0.05, 0) is 37.6 Å². The summed E-state index contributed by atoms with van der Waals surface area (Å²) in [6.45, 7) is 18.1. The first-order valence-corrected chi connectivity index (χ1v) is 8.23. The van der Waals surface area contributed by atoms with Crippen LogP contribution in [0.3, 0.4) is 0 Å². The number of nitrogens with one attached hydrogen (secondary N) is 2. The van der Waals surface area contributed by atoms with Crippen molar-refractivity contribution < 1.29 is 0 Å². The van der Waals surface area contributed by atoms with Crippen LogP contribution in [0.5, 0.6) is 0 Å². The van der Waals surface area contributed by atoms with Crippen LogP contribution in [0.2, 0.25) is 0 Å². The Hall–Kier alpha value is -0.600. The minimum atomic E-state index is 0.733. The highest BCUT2D eigenvalue weighted by Gasteiger charge is 2.14. The van der Waals surface area contributed by atoms with Crippen molar-refractivity contribution in [3.05, 3.63) is 22.8 Å². The van der Waals surface area contributed by atoms with Gasteiger partial charge in [-0.3, -0.25) is 0 Å². The van der Waals surface area contributed by atoms with E-state index in [0.29, 0.717) is 0 Å². The zero-order valence-corrected chi connectivity index (χ0v) is 14.3. The van der Waals surface area contributed by atoms with Gasteiger partial charge in [0.1, 0.15) is 0 Å². The van der Waals surface area contributed by atoms with Crippen molar-refractivity contribution in [3.8, 4) is 0 Å². The van der Waals surface area contributed by atoms with E-state index in [4.69, 9.17) is 0 Å². The highest BCUT2D eigenvalue weighted by Crippen LogP contribution is 2.21. The fourth-order valence-electron chi connectivity index (χ4n) is 3.22. The van der Waals surface area contributed by atoms with E-state index >= 15 is 0 Å². The summed E-state index contributed by atoms with van der Waals surface area (Å²) in [7, 11) is 0. The second-order valence-electron chi connectivity index (χ2n) is 6.81. The summed E-state index contributed by atoms with van der Waals surface area (Å²) in [5.41, 5.74) is 4.85. The van der Waals surface area contributed by atoms with Crippen LogP contribution in [0, 0.1) is 17.8 Å². The average Bonchev–Trinajstić information content (AvgIpc) is 2.40. The van der Waals surface area contributed by atoms with E-state index in [-0.39, 0.29) is 0 Å². The molecule has 0 aliphatic carbocycles. The lowest BCUT2D eigenvalue weighted by Gasteiger charge is -2.24. The Morgan fingerprint density at radius 1 is 1.10 bits per heavy atom. The molecule has 2 aliphatic rings. The summed E-state index contributed by atoms with van der Waals surface area (Å²) in [6.07, 6.45) is 3.59. The maximum absolute atomic E-state index is 3.36. The molecule has 0 fully saturated rings. The summed E-state index contributed by atoms with van der Waals surface area (Å²) in [5.74, 6) is 2.23. The van der Waals surface area contributed by atoms with Crippen molar-refractivity contribution in [2.75, 3.05) is 26.2 Å². The van der Waals surface area contributed by atoms with Crippen LogP contribution in [-0.4, -0.2) is 26.2 Å². The molecular formula is C18H34N2. The van der Waals surface area contributed by atoms with E-state index in [1.807, 2.05) is 0 Å². The van der Waals surface area contributed by atoms with Crippen molar-refractivity contribution in [1.82, 2.24) is 10.6 Å². The molecule has 0 aromatic heterocycles. The quantitative estimate of drug-likeness (QED) is 0.752. The lowest BCUT2D eigenvalue weighted by molar-refractivity contribution is 0.512. The van der Waals surface area contributed by atoms with Gasteiger partial charge < -0.3 is 10.6 Å². The van der Waals surface area contributed by atoms with Crippen LogP contribution < -0.4 is 10.6 Å². The first-order chi connectivity index (χ1) is 9.43. The number of hydrogen-bond donors (Lipinski definition) is 2. The van der Waals surface area contributed by atoms with E-state index in [1.54, 1.807) is 16.7 Å². The summed E-state index contributed by atoms with van der Waals surface area (Å²) < 4.78 is 0. The molecule has 116 valence electrons. The Morgan fingerprint density at radius 3 is 2.20 bits per heavy atom. The highest BCUT2D eigenvalue weighted by molar-refractivity contribution is 5.18. The molecule has 0 bridgehead atoms. The van der Waals surface area contributed by atoms with E-state index < -0.39 is 0 Å². The minimum absolute atomic E-state index is 0.733. The molecule has 0 spiro atoms. The summed E-state index contributed by atoms with van der Waals surface area (Å²) in [5, 5.41) is 6.70. The molecule has 20 heavy (non-hydrogen) atoms. The molecule has 0 saturated carbocycles. The molecular weight excluding hydrogens is 244 g/mol. The Balaban J connectivity index is 0.000000200. The standard InChI is InChI=1S/2C9H17N/c2*1-7(2)9-4-5-10-6-8(9)3/h7,10H,4-6H2,1-3H3;4,7-8,10H,5-6H2,1-3H3. The molecule has 0 saturated heterocycles. The van der Waals surface area contributed by atoms with Crippen molar-refractivity contribution >= 4 is 0 Å². The van der Waals surface area contributed by atoms with Crippen molar-refractivity contribution in [3.63, 3.8) is 0 Å². The van der Waals surface area contributed by atoms with Crippen molar-refractivity contribution in [2.45, 2.75) is 48.0 Å². The zero-order chi connectivity index (χ0) is 15.1. The third kappa shape index (κ3) is 5.41. The van der Waals surface area contributed by atoms with Crippen LogP contribution in [0.4, 0.5) is 0 Å². The SMILES string of the molecule is CC(C)C1=CCNCC1C.CC1=C(C(C)C)CCNC1. The van der Waals surface area contributed by atoms with Crippen LogP contribution in [0.1, 0.15) is 48.0 Å². The lowest BCUT2D eigenvalue weighted by atomic mass is 9.89. The third-order valence-corrected chi connectivity index (χ3v) is 4.37. The monoisotopic (exact) mass is 278 g/mol. The van der Waals surface area contributed by atoms with Gasteiger partial charge in [0.25, 0.3) is 0 Å². The molecule has 2 heteroatoms. The first-order valence-electron chi connectivity index (χ1n) is 8.23. The summed E-state index contributed by atoms with van der Waals surface area (Å²) >= 11 is 0. The van der Waals surface area contributed by atoms with Gasteiger partial charge in [0.2, 0.25) is 0 Å². The second kappa shape index (κ2) is 8.63.